The van der Waals surface area contributed by atoms with Gasteiger partial charge in [-0.3, -0.25) is 9.59 Å². The molecule has 0 aliphatic heterocycles. The number of thiophene rings is 1. The second kappa shape index (κ2) is 10.5. The number of fused-ring (bicyclic) bond motifs is 1. The molecule has 0 aliphatic carbocycles. The molecule has 9 heteroatoms. The number of anilines is 1. The number of hydrogen-bond acceptors (Lipinski definition) is 5. The normalized spacial score (nSPS) is 11.8. The molecule has 0 saturated carbocycles. The second-order valence-electron chi connectivity index (χ2n) is 8.15. The summed E-state index contributed by atoms with van der Waals surface area (Å²) in [6.07, 6.45) is 0. The molecule has 0 radical (unpaired) electrons. The lowest BCUT2D eigenvalue weighted by atomic mass is 10.0. The Balaban J connectivity index is 1.51. The topological polar surface area (TPSA) is 80.1 Å². The third-order valence-corrected chi connectivity index (χ3v) is 6.58. The van der Waals surface area contributed by atoms with Crippen LogP contribution in [0.2, 0.25) is 0 Å². The quantitative estimate of drug-likeness (QED) is 0.324. The van der Waals surface area contributed by atoms with Crippen LogP contribution in [0.25, 0.3) is 11.0 Å². The van der Waals surface area contributed by atoms with Gasteiger partial charge in [-0.1, -0.05) is 53.7 Å². The Hall–Kier alpha value is -4.37. The summed E-state index contributed by atoms with van der Waals surface area (Å²) in [5.74, 6) is -1.09. The van der Waals surface area contributed by atoms with Crippen LogP contribution in [0.15, 0.2) is 96.4 Å². The standard InChI is InChI=1S/C27H22FN5O2S/c28-20-12-14-21(15-13-20)29-27(35)26(19-7-2-1-3-8-19)32(17-22-9-6-16-36-22)25(34)18-33-24-11-5-4-10-23(24)30-31-33/h1-16,26H,17-18H2,(H,29,35). The fourth-order valence-electron chi connectivity index (χ4n) is 4.00. The van der Waals surface area contributed by atoms with Crippen molar-refractivity contribution >= 4 is 39.9 Å². The van der Waals surface area contributed by atoms with Gasteiger partial charge in [0.25, 0.3) is 5.91 Å². The molecule has 2 heterocycles. The zero-order valence-electron chi connectivity index (χ0n) is 19.1. The molecule has 1 unspecified atom stereocenters. The molecule has 180 valence electrons. The van der Waals surface area contributed by atoms with Gasteiger partial charge in [-0.15, -0.1) is 16.4 Å². The van der Waals surface area contributed by atoms with Gasteiger partial charge in [0.1, 0.15) is 23.9 Å². The first-order chi connectivity index (χ1) is 17.6. The number of rotatable bonds is 8. The maximum atomic E-state index is 13.8. The van der Waals surface area contributed by atoms with Crippen LogP contribution in [-0.4, -0.2) is 31.7 Å². The number of carbonyl (C=O) groups excluding carboxylic acids is 2. The van der Waals surface area contributed by atoms with E-state index in [0.717, 1.165) is 10.4 Å². The number of para-hydroxylation sites is 1. The van der Waals surface area contributed by atoms with Crippen LogP contribution in [0.1, 0.15) is 16.5 Å². The summed E-state index contributed by atoms with van der Waals surface area (Å²) in [4.78, 5) is 30.0. The zero-order chi connectivity index (χ0) is 24.9. The Kier molecular flexibility index (Phi) is 6.81. The molecule has 1 N–H and O–H groups in total. The minimum Gasteiger partial charge on any atom is -0.324 e. The molecule has 0 bridgehead atoms. The average molecular weight is 500 g/mol. The van der Waals surface area contributed by atoms with E-state index in [-0.39, 0.29) is 19.0 Å². The van der Waals surface area contributed by atoms with Gasteiger partial charge in [-0.25, -0.2) is 9.07 Å². The molecule has 0 spiro atoms. The highest BCUT2D eigenvalue weighted by Gasteiger charge is 2.32. The van der Waals surface area contributed by atoms with E-state index < -0.39 is 17.8 Å². The summed E-state index contributed by atoms with van der Waals surface area (Å²) in [5.41, 5.74) is 2.51. The first-order valence-electron chi connectivity index (χ1n) is 11.3. The summed E-state index contributed by atoms with van der Waals surface area (Å²) in [7, 11) is 0. The fraction of sp³-hybridized carbons (Fsp3) is 0.111. The maximum absolute atomic E-state index is 13.8. The van der Waals surface area contributed by atoms with E-state index in [2.05, 4.69) is 15.6 Å². The maximum Gasteiger partial charge on any atom is 0.251 e. The van der Waals surface area contributed by atoms with Gasteiger partial charge in [0.2, 0.25) is 5.91 Å². The average Bonchev–Trinajstić information content (AvgIpc) is 3.56. The molecule has 36 heavy (non-hydrogen) atoms. The number of nitrogens with zero attached hydrogens (tertiary/aromatic N) is 4. The SMILES string of the molecule is O=C(Nc1ccc(F)cc1)C(c1ccccc1)N(Cc1cccs1)C(=O)Cn1nnc2ccccc21. The molecule has 2 amide bonds. The minimum atomic E-state index is -0.930. The van der Waals surface area contributed by atoms with Crippen molar-refractivity contribution in [3.8, 4) is 0 Å². The van der Waals surface area contributed by atoms with E-state index in [1.54, 1.807) is 9.58 Å². The lowest BCUT2D eigenvalue weighted by molar-refractivity contribution is -0.140. The molecule has 0 fully saturated rings. The smallest absolute Gasteiger partial charge is 0.251 e. The molecule has 5 aromatic rings. The van der Waals surface area contributed by atoms with Crippen LogP contribution in [0, 0.1) is 5.82 Å². The highest BCUT2D eigenvalue weighted by Crippen LogP contribution is 2.27. The van der Waals surface area contributed by atoms with Crippen molar-refractivity contribution in [2.24, 2.45) is 0 Å². The van der Waals surface area contributed by atoms with Crippen LogP contribution in [0.5, 0.6) is 0 Å². The molecule has 0 saturated heterocycles. The number of hydrogen-bond donors (Lipinski definition) is 1. The van der Waals surface area contributed by atoms with Crippen LogP contribution >= 0.6 is 11.3 Å². The van der Waals surface area contributed by atoms with Gasteiger partial charge < -0.3 is 10.2 Å². The largest absolute Gasteiger partial charge is 0.324 e. The Bertz CT molecular complexity index is 1470. The number of nitrogens with one attached hydrogen (secondary N) is 1. The molecule has 7 nitrogen and oxygen atoms in total. The summed E-state index contributed by atoms with van der Waals surface area (Å²) < 4.78 is 14.9. The van der Waals surface area contributed by atoms with Gasteiger partial charge >= 0.3 is 0 Å². The van der Waals surface area contributed by atoms with Crippen LogP contribution in [0.4, 0.5) is 10.1 Å². The first-order valence-corrected chi connectivity index (χ1v) is 12.2. The fourth-order valence-corrected chi connectivity index (χ4v) is 4.70. The predicted octanol–water partition coefficient (Wildman–Crippen LogP) is 5.04. The Morgan fingerprint density at radius 1 is 0.944 bits per heavy atom. The first kappa shape index (κ1) is 23.4. The van der Waals surface area contributed by atoms with E-state index in [4.69, 9.17) is 0 Å². The van der Waals surface area contributed by atoms with Gasteiger partial charge in [0.05, 0.1) is 12.1 Å². The number of amides is 2. The van der Waals surface area contributed by atoms with Crippen molar-refractivity contribution in [3.05, 3.63) is 113 Å². The van der Waals surface area contributed by atoms with Crippen molar-refractivity contribution in [1.29, 1.82) is 0 Å². The summed E-state index contributed by atoms with van der Waals surface area (Å²) in [6.45, 7) is 0.151. The predicted molar refractivity (Wildman–Crippen MR) is 137 cm³/mol. The molecule has 3 aromatic carbocycles. The third-order valence-electron chi connectivity index (χ3n) is 5.72. The number of halogens is 1. The lowest BCUT2D eigenvalue weighted by Gasteiger charge is -2.31. The molecular formula is C27H22FN5O2S. The van der Waals surface area contributed by atoms with Crippen LogP contribution in [-0.2, 0) is 22.7 Å². The van der Waals surface area contributed by atoms with E-state index in [1.165, 1.54) is 35.6 Å². The van der Waals surface area contributed by atoms with Crippen molar-refractivity contribution < 1.29 is 14.0 Å². The molecule has 0 aliphatic rings. The Morgan fingerprint density at radius 2 is 1.69 bits per heavy atom. The molecule has 2 aromatic heterocycles. The zero-order valence-corrected chi connectivity index (χ0v) is 19.9. The number of benzene rings is 3. The van der Waals surface area contributed by atoms with Gasteiger partial charge in [-0.2, -0.15) is 0 Å². The van der Waals surface area contributed by atoms with E-state index in [9.17, 15) is 14.0 Å². The van der Waals surface area contributed by atoms with Crippen molar-refractivity contribution in [2.75, 3.05) is 5.32 Å². The van der Waals surface area contributed by atoms with Gasteiger partial charge in [0, 0.05) is 10.6 Å². The lowest BCUT2D eigenvalue weighted by Crippen LogP contribution is -2.42. The summed E-state index contributed by atoms with van der Waals surface area (Å²) in [5, 5.41) is 13.1. The minimum absolute atomic E-state index is 0.0843. The van der Waals surface area contributed by atoms with Crippen molar-refractivity contribution in [2.45, 2.75) is 19.1 Å². The molecule has 1 atom stereocenters. The molecular weight excluding hydrogens is 477 g/mol. The Labute approximate surface area is 210 Å². The van der Waals surface area contributed by atoms with Crippen LogP contribution in [0.3, 0.4) is 0 Å². The van der Waals surface area contributed by atoms with Gasteiger partial charge in [0.15, 0.2) is 0 Å². The summed E-state index contributed by atoms with van der Waals surface area (Å²) in [6, 6.07) is 25.0. The number of carbonyl (C=O) groups is 2. The third kappa shape index (κ3) is 5.16. The highest BCUT2D eigenvalue weighted by molar-refractivity contribution is 7.09. The van der Waals surface area contributed by atoms with E-state index in [0.29, 0.717) is 16.8 Å². The van der Waals surface area contributed by atoms with Crippen molar-refractivity contribution in [3.63, 3.8) is 0 Å². The summed E-state index contributed by atoms with van der Waals surface area (Å²) >= 11 is 1.51. The van der Waals surface area contributed by atoms with Crippen molar-refractivity contribution in [1.82, 2.24) is 19.9 Å². The monoisotopic (exact) mass is 499 g/mol. The highest BCUT2D eigenvalue weighted by atomic mass is 32.1. The van der Waals surface area contributed by atoms with E-state index in [1.807, 2.05) is 72.1 Å². The van der Waals surface area contributed by atoms with Crippen LogP contribution < -0.4 is 5.32 Å². The number of aromatic nitrogens is 3. The van der Waals surface area contributed by atoms with E-state index >= 15 is 0 Å². The Morgan fingerprint density at radius 3 is 2.44 bits per heavy atom. The van der Waals surface area contributed by atoms with Gasteiger partial charge in [-0.05, 0) is 53.4 Å². The second-order valence-corrected chi connectivity index (χ2v) is 9.18. The molecule has 5 rings (SSSR count).